The fraction of sp³-hybridized carbons (Fsp3) is 0.600. The van der Waals surface area contributed by atoms with E-state index in [9.17, 15) is 5.11 Å². The Morgan fingerprint density at radius 3 is 2.95 bits per heavy atom. The zero-order valence-corrected chi connectivity index (χ0v) is 11.6. The van der Waals surface area contributed by atoms with Crippen LogP contribution in [0.1, 0.15) is 24.4 Å². The van der Waals surface area contributed by atoms with Gasteiger partial charge in [-0.2, -0.15) is 0 Å². The van der Waals surface area contributed by atoms with E-state index in [0.717, 1.165) is 37.2 Å². The number of hydrogen-bond donors (Lipinski definition) is 2. The van der Waals surface area contributed by atoms with Gasteiger partial charge in [-0.25, -0.2) is 0 Å². The van der Waals surface area contributed by atoms with Crippen LogP contribution in [0.25, 0.3) is 0 Å². The van der Waals surface area contributed by atoms with Crippen LogP contribution in [-0.4, -0.2) is 43.4 Å². The summed E-state index contributed by atoms with van der Waals surface area (Å²) in [5.74, 6) is 1.27. The number of piperidine rings is 1. The number of aliphatic hydroxyl groups excluding tert-OH is 1. The Morgan fingerprint density at radius 2 is 2.26 bits per heavy atom. The molecule has 106 valence electrons. The first-order valence-electron chi connectivity index (χ1n) is 6.98. The number of para-hydroxylation sites is 1. The predicted molar refractivity (Wildman–Crippen MR) is 76.2 cm³/mol. The third-order valence-corrected chi connectivity index (χ3v) is 3.97. The van der Waals surface area contributed by atoms with Crippen molar-refractivity contribution >= 4 is 0 Å². The fourth-order valence-corrected chi connectivity index (χ4v) is 2.94. The monoisotopic (exact) mass is 264 g/mol. The van der Waals surface area contributed by atoms with Gasteiger partial charge in [0.05, 0.1) is 13.2 Å². The van der Waals surface area contributed by atoms with Gasteiger partial charge in [0.15, 0.2) is 0 Å². The molecule has 1 saturated heterocycles. The molecule has 0 spiro atoms. The number of methoxy groups -OCH3 is 1. The Balaban J connectivity index is 2.19. The van der Waals surface area contributed by atoms with Crippen LogP contribution in [0.5, 0.6) is 5.75 Å². The van der Waals surface area contributed by atoms with E-state index in [1.54, 1.807) is 7.11 Å². The second-order valence-corrected chi connectivity index (χ2v) is 5.18. The molecule has 0 amide bonds. The molecule has 2 atom stereocenters. The SMILES string of the molecule is COc1ccccc1C(CN)N1CCCC(CO)C1. The van der Waals surface area contributed by atoms with Gasteiger partial charge in [0.1, 0.15) is 5.75 Å². The van der Waals surface area contributed by atoms with Crippen molar-refractivity contribution in [2.24, 2.45) is 11.7 Å². The number of rotatable bonds is 5. The van der Waals surface area contributed by atoms with E-state index in [2.05, 4.69) is 11.0 Å². The van der Waals surface area contributed by atoms with Crippen LogP contribution in [0.3, 0.4) is 0 Å². The van der Waals surface area contributed by atoms with Crippen molar-refractivity contribution in [2.45, 2.75) is 18.9 Å². The Labute approximate surface area is 115 Å². The summed E-state index contributed by atoms with van der Waals surface area (Å²) >= 11 is 0. The fourth-order valence-electron chi connectivity index (χ4n) is 2.94. The van der Waals surface area contributed by atoms with Crippen LogP contribution in [0.15, 0.2) is 24.3 Å². The van der Waals surface area contributed by atoms with E-state index >= 15 is 0 Å². The third kappa shape index (κ3) is 3.26. The minimum atomic E-state index is 0.172. The highest BCUT2D eigenvalue weighted by molar-refractivity contribution is 5.36. The van der Waals surface area contributed by atoms with Crippen molar-refractivity contribution in [1.29, 1.82) is 0 Å². The van der Waals surface area contributed by atoms with E-state index in [4.69, 9.17) is 10.5 Å². The number of likely N-dealkylation sites (tertiary alicyclic amines) is 1. The number of hydrogen-bond acceptors (Lipinski definition) is 4. The van der Waals surface area contributed by atoms with Gasteiger partial charge in [-0.05, 0) is 31.4 Å². The van der Waals surface area contributed by atoms with Gasteiger partial charge in [-0.15, -0.1) is 0 Å². The van der Waals surface area contributed by atoms with Crippen LogP contribution in [0, 0.1) is 5.92 Å². The van der Waals surface area contributed by atoms with Gasteiger partial charge in [0.2, 0.25) is 0 Å². The van der Waals surface area contributed by atoms with Gasteiger partial charge in [-0.1, -0.05) is 18.2 Å². The Morgan fingerprint density at radius 1 is 1.47 bits per heavy atom. The van der Waals surface area contributed by atoms with E-state index in [0.29, 0.717) is 12.5 Å². The highest BCUT2D eigenvalue weighted by Gasteiger charge is 2.27. The molecule has 3 N–H and O–H groups in total. The molecule has 1 fully saturated rings. The molecular formula is C15H24N2O2. The summed E-state index contributed by atoms with van der Waals surface area (Å²) in [6, 6.07) is 8.23. The van der Waals surface area contributed by atoms with E-state index in [-0.39, 0.29) is 12.6 Å². The molecule has 0 radical (unpaired) electrons. The summed E-state index contributed by atoms with van der Waals surface area (Å²) in [5, 5.41) is 9.35. The summed E-state index contributed by atoms with van der Waals surface area (Å²) in [7, 11) is 1.69. The van der Waals surface area contributed by atoms with Gasteiger partial charge in [-0.3, -0.25) is 4.90 Å². The van der Waals surface area contributed by atoms with Crippen LogP contribution in [-0.2, 0) is 0 Å². The molecule has 0 aliphatic carbocycles. The molecule has 0 bridgehead atoms. The first kappa shape index (κ1) is 14.3. The third-order valence-electron chi connectivity index (χ3n) is 3.97. The van der Waals surface area contributed by atoms with Crippen molar-refractivity contribution in [2.75, 3.05) is 33.4 Å². The zero-order chi connectivity index (χ0) is 13.7. The summed E-state index contributed by atoms with van der Waals surface area (Å²) < 4.78 is 5.44. The molecule has 19 heavy (non-hydrogen) atoms. The van der Waals surface area contributed by atoms with Gasteiger partial charge in [0.25, 0.3) is 0 Å². The number of ether oxygens (including phenoxy) is 1. The molecule has 0 aromatic heterocycles. The molecule has 1 aliphatic heterocycles. The highest BCUT2D eigenvalue weighted by Crippen LogP contribution is 2.31. The average molecular weight is 264 g/mol. The van der Waals surface area contributed by atoms with Crippen LogP contribution >= 0.6 is 0 Å². The number of benzene rings is 1. The minimum Gasteiger partial charge on any atom is -0.496 e. The molecule has 1 aromatic carbocycles. The van der Waals surface area contributed by atoms with Crippen molar-refractivity contribution < 1.29 is 9.84 Å². The lowest BCUT2D eigenvalue weighted by Crippen LogP contribution is -2.42. The quantitative estimate of drug-likeness (QED) is 0.844. The molecule has 2 rings (SSSR count). The van der Waals surface area contributed by atoms with Crippen molar-refractivity contribution in [3.63, 3.8) is 0 Å². The van der Waals surface area contributed by atoms with Gasteiger partial charge in [0, 0.05) is 25.3 Å². The Kier molecular flexibility index (Phi) is 5.19. The summed E-state index contributed by atoms with van der Waals surface area (Å²) in [5.41, 5.74) is 7.13. The van der Waals surface area contributed by atoms with E-state index in [1.807, 2.05) is 18.2 Å². The van der Waals surface area contributed by atoms with Gasteiger partial charge >= 0.3 is 0 Å². The predicted octanol–water partition coefficient (Wildman–Crippen LogP) is 1.40. The summed E-state index contributed by atoms with van der Waals surface area (Å²) in [6.45, 7) is 2.78. The normalized spacial score (nSPS) is 22.2. The first-order chi connectivity index (χ1) is 9.30. The maximum atomic E-state index is 9.35. The molecule has 0 saturated carbocycles. The average Bonchev–Trinajstić information content (AvgIpc) is 2.49. The molecule has 4 heteroatoms. The standard InChI is InChI=1S/C15H24N2O2/c1-19-15-7-3-2-6-13(15)14(9-16)17-8-4-5-12(10-17)11-18/h2-3,6-7,12,14,18H,4-5,8-11,16H2,1H3. The van der Waals surface area contributed by atoms with Crippen molar-refractivity contribution in [1.82, 2.24) is 4.90 Å². The van der Waals surface area contributed by atoms with Crippen LogP contribution < -0.4 is 10.5 Å². The van der Waals surface area contributed by atoms with Gasteiger partial charge < -0.3 is 15.6 Å². The van der Waals surface area contributed by atoms with Crippen molar-refractivity contribution in [3.8, 4) is 5.75 Å². The lowest BCUT2D eigenvalue weighted by atomic mass is 9.95. The Hall–Kier alpha value is -1.10. The lowest BCUT2D eigenvalue weighted by Gasteiger charge is -2.38. The molecule has 1 heterocycles. The van der Waals surface area contributed by atoms with E-state index < -0.39 is 0 Å². The maximum absolute atomic E-state index is 9.35. The molecule has 1 aromatic rings. The number of aliphatic hydroxyl groups is 1. The van der Waals surface area contributed by atoms with Crippen LogP contribution in [0.2, 0.25) is 0 Å². The van der Waals surface area contributed by atoms with E-state index in [1.165, 1.54) is 0 Å². The van der Waals surface area contributed by atoms with Crippen molar-refractivity contribution in [3.05, 3.63) is 29.8 Å². The largest absolute Gasteiger partial charge is 0.496 e. The topological polar surface area (TPSA) is 58.7 Å². The number of nitrogens with two attached hydrogens (primary N) is 1. The summed E-state index contributed by atoms with van der Waals surface area (Å²) in [4.78, 5) is 2.38. The van der Waals surface area contributed by atoms with Crippen LogP contribution in [0.4, 0.5) is 0 Å². The molecule has 4 nitrogen and oxygen atoms in total. The summed E-state index contributed by atoms with van der Waals surface area (Å²) in [6.07, 6.45) is 2.23. The lowest BCUT2D eigenvalue weighted by molar-refractivity contribution is 0.0891. The maximum Gasteiger partial charge on any atom is 0.123 e. The minimum absolute atomic E-state index is 0.172. The second kappa shape index (κ2) is 6.89. The second-order valence-electron chi connectivity index (χ2n) is 5.18. The highest BCUT2D eigenvalue weighted by atomic mass is 16.5. The molecule has 2 unspecified atom stereocenters. The molecular weight excluding hydrogens is 240 g/mol. The first-order valence-corrected chi connectivity index (χ1v) is 6.98. The number of nitrogens with zero attached hydrogens (tertiary/aromatic N) is 1. The Bertz CT molecular complexity index is 397. The smallest absolute Gasteiger partial charge is 0.123 e. The zero-order valence-electron chi connectivity index (χ0n) is 11.6. The molecule has 1 aliphatic rings.